The summed E-state index contributed by atoms with van der Waals surface area (Å²) in [6, 6.07) is 5.51. The van der Waals surface area contributed by atoms with Gasteiger partial charge in [0.25, 0.3) is 0 Å². The highest BCUT2D eigenvalue weighted by molar-refractivity contribution is 7.80. The van der Waals surface area contributed by atoms with Crippen molar-refractivity contribution in [3.8, 4) is 0 Å². The molecule has 0 atom stereocenters. The van der Waals surface area contributed by atoms with Crippen LogP contribution in [0.15, 0.2) is 18.2 Å². The molecule has 0 aliphatic carbocycles. The Bertz CT molecular complexity index is 410. The number of thiocarbonyl (C=S) groups is 1. The predicted octanol–water partition coefficient (Wildman–Crippen LogP) is 3.82. The third-order valence-corrected chi connectivity index (χ3v) is 2.89. The largest absolute Gasteiger partial charge is 0.389 e. The van der Waals surface area contributed by atoms with E-state index in [4.69, 9.17) is 29.6 Å². The van der Waals surface area contributed by atoms with Crippen LogP contribution in [0.5, 0.6) is 0 Å². The highest BCUT2D eigenvalue weighted by atomic mass is 35.5. The molecule has 0 heterocycles. The highest BCUT2D eigenvalue weighted by Gasteiger charge is 2.10. The van der Waals surface area contributed by atoms with Crippen LogP contribution in [0.1, 0.15) is 32.8 Å². The summed E-state index contributed by atoms with van der Waals surface area (Å²) in [5.41, 5.74) is 7.73. The Morgan fingerprint density at radius 2 is 2.06 bits per heavy atom. The number of nitrogens with two attached hydrogens (primary N) is 1. The standard InChI is InChI=1S/C13H19ClN2S/c1-13(2,3)6-7-16-11-8-9(14)4-5-10(11)12(15)17/h4-5,8,16H,6-7H2,1-3H3,(H2,15,17). The van der Waals surface area contributed by atoms with Crippen LogP contribution in [-0.4, -0.2) is 11.5 Å². The Kier molecular flexibility index (Phi) is 4.78. The molecule has 3 N–H and O–H groups in total. The zero-order chi connectivity index (χ0) is 13.1. The molecular weight excluding hydrogens is 252 g/mol. The molecule has 0 radical (unpaired) electrons. The maximum Gasteiger partial charge on any atom is 0.106 e. The lowest BCUT2D eigenvalue weighted by Gasteiger charge is -2.19. The van der Waals surface area contributed by atoms with Gasteiger partial charge in [-0.2, -0.15) is 0 Å². The topological polar surface area (TPSA) is 38.0 Å². The number of hydrogen-bond donors (Lipinski definition) is 2. The van der Waals surface area contributed by atoms with Gasteiger partial charge in [-0.05, 0) is 30.0 Å². The van der Waals surface area contributed by atoms with E-state index in [0.717, 1.165) is 24.2 Å². The molecule has 0 saturated heterocycles. The first-order valence-corrected chi connectivity index (χ1v) is 6.41. The number of benzene rings is 1. The number of rotatable bonds is 4. The molecule has 1 aromatic rings. The second-order valence-corrected chi connectivity index (χ2v) is 6.17. The fraction of sp³-hybridized carbons (Fsp3) is 0.462. The lowest BCUT2D eigenvalue weighted by molar-refractivity contribution is 0.390. The van der Waals surface area contributed by atoms with E-state index < -0.39 is 0 Å². The maximum atomic E-state index is 5.97. The quantitative estimate of drug-likeness (QED) is 0.817. The number of nitrogens with one attached hydrogen (secondary N) is 1. The first-order valence-electron chi connectivity index (χ1n) is 5.63. The monoisotopic (exact) mass is 270 g/mol. The van der Waals surface area contributed by atoms with Crippen LogP contribution in [0, 0.1) is 5.41 Å². The molecule has 0 bridgehead atoms. The van der Waals surface area contributed by atoms with E-state index in [1.807, 2.05) is 12.1 Å². The summed E-state index contributed by atoms with van der Waals surface area (Å²) in [6.45, 7) is 7.50. The van der Waals surface area contributed by atoms with Gasteiger partial charge in [0, 0.05) is 22.8 Å². The van der Waals surface area contributed by atoms with Gasteiger partial charge in [0.05, 0.1) is 0 Å². The van der Waals surface area contributed by atoms with Crippen LogP contribution in [0.3, 0.4) is 0 Å². The molecule has 0 aromatic heterocycles. The zero-order valence-electron chi connectivity index (χ0n) is 10.5. The minimum atomic E-state index is 0.301. The SMILES string of the molecule is CC(C)(C)CCNc1cc(Cl)ccc1C(N)=S. The Morgan fingerprint density at radius 1 is 1.41 bits per heavy atom. The van der Waals surface area contributed by atoms with Crippen molar-refractivity contribution >= 4 is 34.5 Å². The first kappa shape index (κ1) is 14.3. The summed E-state index contributed by atoms with van der Waals surface area (Å²) >= 11 is 11.0. The van der Waals surface area contributed by atoms with Gasteiger partial charge < -0.3 is 11.1 Å². The molecule has 94 valence electrons. The molecule has 1 aromatic carbocycles. The van der Waals surface area contributed by atoms with Crippen LogP contribution in [0.25, 0.3) is 0 Å². The van der Waals surface area contributed by atoms with Gasteiger partial charge in [-0.15, -0.1) is 0 Å². The van der Waals surface area contributed by atoms with E-state index in [0.29, 0.717) is 15.4 Å². The average molecular weight is 271 g/mol. The van der Waals surface area contributed by atoms with Gasteiger partial charge in [-0.1, -0.05) is 44.6 Å². The summed E-state index contributed by atoms with van der Waals surface area (Å²) in [4.78, 5) is 0.389. The van der Waals surface area contributed by atoms with E-state index in [9.17, 15) is 0 Å². The van der Waals surface area contributed by atoms with Gasteiger partial charge >= 0.3 is 0 Å². The van der Waals surface area contributed by atoms with E-state index in [2.05, 4.69) is 26.1 Å². The molecule has 0 fully saturated rings. The summed E-state index contributed by atoms with van der Waals surface area (Å²) in [5.74, 6) is 0. The van der Waals surface area contributed by atoms with Crippen LogP contribution >= 0.6 is 23.8 Å². The molecular formula is C13H19ClN2S. The first-order chi connectivity index (χ1) is 7.79. The highest BCUT2D eigenvalue weighted by Crippen LogP contribution is 2.23. The van der Waals surface area contributed by atoms with Crippen molar-refractivity contribution in [3.63, 3.8) is 0 Å². The normalized spacial score (nSPS) is 11.3. The molecule has 0 amide bonds. The minimum Gasteiger partial charge on any atom is -0.389 e. The molecule has 17 heavy (non-hydrogen) atoms. The van der Waals surface area contributed by atoms with E-state index >= 15 is 0 Å². The Morgan fingerprint density at radius 3 is 2.59 bits per heavy atom. The molecule has 0 spiro atoms. The molecule has 1 rings (SSSR count). The maximum absolute atomic E-state index is 5.97. The lowest BCUT2D eigenvalue weighted by Crippen LogP contribution is -2.16. The third-order valence-electron chi connectivity index (χ3n) is 2.44. The van der Waals surface area contributed by atoms with Gasteiger partial charge in [-0.3, -0.25) is 0 Å². The summed E-state index contributed by atoms with van der Waals surface area (Å²) < 4.78 is 0. The third kappa shape index (κ3) is 4.92. The average Bonchev–Trinajstić information content (AvgIpc) is 2.15. The van der Waals surface area contributed by atoms with Gasteiger partial charge in [-0.25, -0.2) is 0 Å². The predicted molar refractivity (Wildman–Crippen MR) is 79.9 cm³/mol. The molecule has 0 aliphatic rings. The smallest absolute Gasteiger partial charge is 0.106 e. The van der Waals surface area contributed by atoms with Crippen molar-refractivity contribution in [3.05, 3.63) is 28.8 Å². The van der Waals surface area contributed by atoms with Gasteiger partial charge in [0.2, 0.25) is 0 Å². The number of halogens is 1. The molecule has 2 nitrogen and oxygen atoms in total. The second kappa shape index (κ2) is 5.69. The van der Waals surface area contributed by atoms with Crippen molar-refractivity contribution in [2.45, 2.75) is 27.2 Å². The fourth-order valence-corrected chi connectivity index (χ4v) is 1.80. The number of hydrogen-bond acceptors (Lipinski definition) is 2. The van der Waals surface area contributed by atoms with E-state index in [1.54, 1.807) is 6.07 Å². The van der Waals surface area contributed by atoms with Crippen molar-refractivity contribution < 1.29 is 0 Å². The van der Waals surface area contributed by atoms with Crippen LogP contribution in [0.2, 0.25) is 5.02 Å². The lowest BCUT2D eigenvalue weighted by atomic mass is 9.92. The van der Waals surface area contributed by atoms with Gasteiger partial charge in [0.15, 0.2) is 0 Å². The van der Waals surface area contributed by atoms with E-state index in [-0.39, 0.29) is 0 Å². The Hall–Kier alpha value is -0.800. The van der Waals surface area contributed by atoms with Crippen molar-refractivity contribution in [2.75, 3.05) is 11.9 Å². The molecule has 4 heteroatoms. The fourth-order valence-electron chi connectivity index (χ4n) is 1.45. The molecule has 0 unspecified atom stereocenters. The Labute approximate surface area is 114 Å². The second-order valence-electron chi connectivity index (χ2n) is 5.29. The van der Waals surface area contributed by atoms with Gasteiger partial charge in [0.1, 0.15) is 4.99 Å². The summed E-state index contributed by atoms with van der Waals surface area (Å²) in [6.07, 6.45) is 1.07. The Balaban J connectivity index is 2.75. The van der Waals surface area contributed by atoms with Crippen LogP contribution in [-0.2, 0) is 0 Å². The molecule has 0 aliphatic heterocycles. The summed E-state index contributed by atoms with van der Waals surface area (Å²) in [7, 11) is 0. The van der Waals surface area contributed by atoms with Crippen molar-refractivity contribution in [2.24, 2.45) is 11.1 Å². The summed E-state index contributed by atoms with van der Waals surface area (Å²) in [5, 5.41) is 4.02. The van der Waals surface area contributed by atoms with Crippen LogP contribution in [0.4, 0.5) is 5.69 Å². The molecule has 0 saturated carbocycles. The van der Waals surface area contributed by atoms with E-state index in [1.165, 1.54) is 0 Å². The van der Waals surface area contributed by atoms with Crippen molar-refractivity contribution in [1.29, 1.82) is 0 Å². The van der Waals surface area contributed by atoms with Crippen molar-refractivity contribution in [1.82, 2.24) is 0 Å². The zero-order valence-corrected chi connectivity index (χ0v) is 12.1. The van der Waals surface area contributed by atoms with Crippen LogP contribution < -0.4 is 11.1 Å². The minimum absolute atomic E-state index is 0.301. The number of anilines is 1.